The zero-order valence-corrected chi connectivity index (χ0v) is 40.7. The van der Waals surface area contributed by atoms with Crippen molar-refractivity contribution >= 4 is 43.7 Å². The SMILES string of the molecule is CC(c1ccc(-c2cccc3oc4ccccc4c23)cc1)[C@@H](Cc1cccc(-c2ccc3c(c2)c2cccc4c2n3-c2ccccc2O4)c1)c1ccc2c(c1)C1(c3ccccc3-c3ccccc31)c1ccccc1-2. The predicted molar refractivity (Wildman–Crippen MR) is 303 cm³/mol. The lowest BCUT2D eigenvalue weighted by Crippen LogP contribution is -2.26. The maximum atomic E-state index is 6.46. The number of rotatable bonds is 7. The Morgan fingerprint density at radius 3 is 1.81 bits per heavy atom. The summed E-state index contributed by atoms with van der Waals surface area (Å²) in [6.07, 6.45) is 0.863. The number of ether oxygens (including phenoxy) is 1. The van der Waals surface area contributed by atoms with Gasteiger partial charge in [-0.3, -0.25) is 0 Å². The molecule has 2 atom stereocenters. The summed E-state index contributed by atoms with van der Waals surface area (Å²) in [6.45, 7) is 2.44. The molecule has 0 fully saturated rings. The molecule has 1 aliphatic heterocycles. The third kappa shape index (κ3) is 5.78. The van der Waals surface area contributed by atoms with Crippen LogP contribution in [-0.2, 0) is 11.8 Å². The second kappa shape index (κ2) is 15.7. The van der Waals surface area contributed by atoms with Gasteiger partial charge in [-0.25, -0.2) is 0 Å². The number of aromatic nitrogens is 1. The van der Waals surface area contributed by atoms with Crippen molar-refractivity contribution in [3.8, 4) is 61.7 Å². The molecule has 2 aromatic heterocycles. The molecule has 1 unspecified atom stereocenters. The second-order valence-electron chi connectivity index (χ2n) is 20.7. The molecule has 74 heavy (non-hydrogen) atoms. The standard InChI is InChI=1S/C71H47NO2/c1-43(45-31-33-46(34-32-45)50-21-13-29-67-69(50)56-20-5-10-27-65(56)73-67)57(49-35-37-54-53-19-4-8-25-61(53)71(62(54)42-49)59-23-6-2-17-51(59)52-18-3-7-24-60(52)71)40-44-15-12-16-47(39-44)48-36-38-63-58(41-48)55-22-14-30-68-70(55)72(63)64-26-9-11-28-66(64)74-68/h2-39,41-43,57H,40H2,1H3/t43?,57-/m1/s1. The Morgan fingerprint density at radius 2 is 1.01 bits per heavy atom. The van der Waals surface area contributed by atoms with Gasteiger partial charge in [0.1, 0.15) is 11.2 Å². The Morgan fingerprint density at radius 1 is 0.419 bits per heavy atom. The fourth-order valence-electron chi connectivity index (χ4n) is 13.7. The van der Waals surface area contributed by atoms with Gasteiger partial charge >= 0.3 is 0 Å². The summed E-state index contributed by atoms with van der Waals surface area (Å²) in [5.41, 5.74) is 24.3. The highest BCUT2D eigenvalue weighted by molar-refractivity contribution is 6.14. The zero-order valence-electron chi connectivity index (χ0n) is 40.7. The van der Waals surface area contributed by atoms with E-state index in [1.54, 1.807) is 0 Å². The van der Waals surface area contributed by atoms with Crippen LogP contribution in [0, 0.1) is 0 Å². The third-order valence-electron chi connectivity index (χ3n) is 17.0. The van der Waals surface area contributed by atoms with Crippen molar-refractivity contribution in [2.45, 2.75) is 30.6 Å². The molecule has 13 aromatic rings. The van der Waals surface area contributed by atoms with E-state index in [9.17, 15) is 0 Å². The first-order valence-corrected chi connectivity index (χ1v) is 26.0. The molecule has 0 saturated heterocycles. The molecule has 3 heteroatoms. The van der Waals surface area contributed by atoms with Crippen molar-refractivity contribution < 1.29 is 9.15 Å². The number of nitrogens with zero attached hydrogens (tertiary/aromatic N) is 1. The number of benzene rings is 11. The molecule has 2 aliphatic carbocycles. The van der Waals surface area contributed by atoms with Gasteiger partial charge < -0.3 is 13.7 Å². The highest BCUT2D eigenvalue weighted by Gasteiger charge is 2.51. The Balaban J connectivity index is 0.835. The van der Waals surface area contributed by atoms with Crippen LogP contribution < -0.4 is 4.74 Å². The minimum atomic E-state index is -0.418. The second-order valence-corrected chi connectivity index (χ2v) is 20.7. The van der Waals surface area contributed by atoms with Crippen molar-refractivity contribution in [3.63, 3.8) is 0 Å². The minimum absolute atomic E-state index is 0.149. The van der Waals surface area contributed by atoms with E-state index >= 15 is 0 Å². The van der Waals surface area contributed by atoms with Crippen molar-refractivity contribution in [2.75, 3.05) is 0 Å². The Labute approximate surface area is 429 Å². The molecule has 0 N–H and O–H groups in total. The lowest BCUT2D eigenvalue weighted by Gasteiger charge is -2.32. The summed E-state index contributed by atoms with van der Waals surface area (Å²) in [5.74, 6) is 2.09. The van der Waals surface area contributed by atoms with Gasteiger partial charge in [0.15, 0.2) is 11.5 Å². The van der Waals surface area contributed by atoms with Gasteiger partial charge in [0, 0.05) is 21.5 Å². The van der Waals surface area contributed by atoms with Crippen molar-refractivity contribution in [1.29, 1.82) is 0 Å². The summed E-state index contributed by atoms with van der Waals surface area (Å²) in [5, 5.41) is 4.73. The Kier molecular flexibility index (Phi) is 8.77. The van der Waals surface area contributed by atoms with E-state index in [-0.39, 0.29) is 11.8 Å². The summed E-state index contributed by atoms with van der Waals surface area (Å²) in [4.78, 5) is 0. The van der Waals surface area contributed by atoms with Crippen LogP contribution in [0.1, 0.15) is 57.7 Å². The highest BCUT2D eigenvalue weighted by Crippen LogP contribution is 2.63. The molecule has 348 valence electrons. The zero-order chi connectivity index (χ0) is 48.6. The summed E-state index contributed by atoms with van der Waals surface area (Å²) < 4.78 is 15.2. The van der Waals surface area contributed by atoms with Crippen molar-refractivity contribution in [2.24, 2.45) is 0 Å². The lowest BCUT2D eigenvalue weighted by atomic mass is 9.69. The van der Waals surface area contributed by atoms with Gasteiger partial charge in [-0.15, -0.1) is 0 Å². The number of hydrogen-bond donors (Lipinski definition) is 0. The van der Waals surface area contributed by atoms with Crippen LogP contribution in [-0.4, -0.2) is 4.57 Å². The highest BCUT2D eigenvalue weighted by atomic mass is 16.5. The maximum Gasteiger partial charge on any atom is 0.152 e. The molecule has 1 spiro atoms. The monoisotopic (exact) mass is 945 g/mol. The third-order valence-corrected chi connectivity index (χ3v) is 17.0. The minimum Gasteiger partial charge on any atom is -0.456 e. The molecule has 11 aromatic carbocycles. The average Bonchev–Trinajstić information content (AvgIpc) is 4.21. The molecule has 0 amide bonds. The van der Waals surface area contributed by atoms with Crippen LogP contribution in [0.15, 0.2) is 247 Å². The molecule has 3 heterocycles. The molecular formula is C71H47NO2. The van der Waals surface area contributed by atoms with E-state index in [2.05, 4.69) is 242 Å². The molecule has 3 nitrogen and oxygen atoms in total. The maximum absolute atomic E-state index is 6.46. The molecular weight excluding hydrogens is 899 g/mol. The first-order chi connectivity index (χ1) is 36.6. The van der Waals surface area contributed by atoms with E-state index in [0.29, 0.717) is 0 Å². The predicted octanol–water partition coefficient (Wildman–Crippen LogP) is 18.6. The largest absolute Gasteiger partial charge is 0.456 e. The summed E-state index contributed by atoms with van der Waals surface area (Å²) in [6, 6.07) is 90.1. The molecule has 0 radical (unpaired) electrons. The van der Waals surface area contributed by atoms with Crippen LogP contribution in [0.4, 0.5) is 0 Å². The van der Waals surface area contributed by atoms with E-state index in [1.807, 2.05) is 12.1 Å². The van der Waals surface area contributed by atoms with Crippen LogP contribution in [0.25, 0.3) is 93.9 Å². The van der Waals surface area contributed by atoms with Crippen LogP contribution >= 0.6 is 0 Å². The topological polar surface area (TPSA) is 27.3 Å². The van der Waals surface area contributed by atoms with E-state index in [0.717, 1.165) is 51.1 Å². The van der Waals surface area contributed by atoms with Crippen LogP contribution in [0.3, 0.4) is 0 Å². The van der Waals surface area contributed by atoms with E-state index in [4.69, 9.17) is 9.15 Å². The average molecular weight is 946 g/mol. The van der Waals surface area contributed by atoms with Gasteiger partial charge in [0.2, 0.25) is 0 Å². The Hall–Kier alpha value is -9.18. The quantitative estimate of drug-likeness (QED) is 0.159. The lowest BCUT2D eigenvalue weighted by molar-refractivity contribution is 0.476. The van der Waals surface area contributed by atoms with Crippen LogP contribution in [0.2, 0.25) is 0 Å². The van der Waals surface area contributed by atoms with E-state index < -0.39 is 5.41 Å². The van der Waals surface area contributed by atoms with Crippen LogP contribution in [0.5, 0.6) is 11.5 Å². The van der Waals surface area contributed by atoms with Gasteiger partial charge in [-0.2, -0.15) is 0 Å². The summed E-state index contributed by atoms with van der Waals surface area (Å²) in [7, 11) is 0. The van der Waals surface area contributed by atoms with Crippen molar-refractivity contribution in [3.05, 3.63) is 282 Å². The molecule has 16 rings (SSSR count). The number of para-hydroxylation sites is 4. The van der Waals surface area contributed by atoms with Gasteiger partial charge in [-0.05, 0) is 144 Å². The molecule has 0 bridgehead atoms. The first-order valence-electron chi connectivity index (χ1n) is 26.0. The van der Waals surface area contributed by atoms with Gasteiger partial charge in [-0.1, -0.05) is 207 Å². The molecule has 0 saturated carbocycles. The first kappa shape index (κ1) is 41.4. The molecule has 3 aliphatic rings. The fraction of sp³-hybridized carbons (Fsp3) is 0.0704. The number of furan rings is 1. The smallest absolute Gasteiger partial charge is 0.152 e. The van der Waals surface area contributed by atoms with E-state index in [1.165, 1.54) is 99.7 Å². The van der Waals surface area contributed by atoms with Gasteiger partial charge in [0.25, 0.3) is 0 Å². The summed E-state index contributed by atoms with van der Waals surface area (Å²) >= 11 is 0. The van der Waals surface area contributed by atoms with Crippen molar-refractivity contribution in [1.82, 2.24) is 4.57 Å². The fourth-order valence-corrected chi connectivity index (χ4v) is 13.7. The number of fused-ring (bicyclic) bond motifs is 18. The number of hydrogen-bond acceptors (Lipinski definition) is 2. The Bertz CT molecular complexity index is 4410. The van der Waals surface area contributed by atoms with Gasteiger partial charge in [0.05, 0.1) is 22.1 Å². The normalized spacial score (nSPS) is 14.2.